The number of unbranched alkanes of at least 4 members (excludes halogenated alkanes) is 1. The van der Waals surface area contributed by atoms with Gasteiger partial charge in [-0.3, -0.25) is 54.0 Å². The second-order valence-corrected chi connectivity index (χ2v) is 25.9. The van der Waals surface area contributed by atoms with Crippen molar-refractivity contribution in [2.24, 2.45) is 34.8 Å². The van der Waals surface area contributed by atoms with Gasteiger partial charge in [-0.2, -0.15) is 0 Å². The maximum Gasteiger partial charge on any atom is 0.326 e. The summed E-state index contributed by atoms with van der Waals surface area (Å²) < 4.78 is 0. The number of aromatic hydroxyl groups is 2. The zero-order chi connectivity index (χ0) is 74.1. The molecule has 5 rings (SSSR count). The molecule has 1 aliphatic heterocycles. The largest absolute Gasteiger partial charge is 0.508 e. The number of amides is 9. The van der Waals surface area contributed by atoms with Gasteiger partial charge in [0.15, 0.2) is 11.9 Å². The van der Waals surface area contributed by atoms with Crippen molar-refractivity contribution < 1.29 is 63.3 Å². The van der Waals surface area contributed by atoms with E-state index in [-0.39, 0.29) is 120 Å². The predicted octanol–water partition coefficient (Wildman–Crippen LogP) is 0.397. The minimum absolute atomic E-state index is 0.0183. The number of nitrogens with two attached hydrogens (primary N) is 4. The first-order valence-corrected chi connectivity index (χ1v) is 34.4. The van der Waals surface area contributed by atoms with E-state index >= 15 is 14.4 Å². The summed E-state index contributed by atoms with van der Waals surface area (Å²) in [4.78, 5) is 145. The summed E-state index contributed by atoms with van der Waals surface area (Å²) in [5, 5.41) is 72.8. The first kappa shape index (κ1) is 81.3. The average molecular weight is 1400 g/mol. The highest BCUT2D eigenvalue weighted by Crippen LogP contribution is 2.22. The van der Waals surface area contributed by atoms with Gasteiger partial charge in [0.25, 0.3) is 0 Å². The lowest BCUT2D eigenvalue weighted by molar-refractivity contribution is -0.143. The molecular weight excluding hydrogens is 1300 g/mol. The van der Waals surface area contributed by atoms with Crippen LogP contribution in [0.4, 0.5) is 0 Å². The molecule has 1 aliphatic rings. The Balaban J connectivity index is 1.45. The van der Waals surface area contributed by atoms with E-state index in [0.29, 0.717) is 54.5 Å². The normalized spacial score (nSPS) is 15.6. The summed E-state index contributed by atoms with van der Waals surface area (Å²) >= 11 is 0. The summed E-state index contributed by atoms with van der Waals surface area (Å²) in [6, 6.07) is 16.3. The molecule has 0 unspecified atom stereocenters. The second-order valence-electron chi connectivity index (χ2n) is 25.9. The molecule has 23 N–H and O–H groups in total. The summed E-state index contributed by atoms with van der Waals surface area (Å²) in [5.74, 6) is -9.60. The maximum absolute atomic E-state index is 15.2. The van der Waals surface area contributed by atoms with Gasteiger partial charge < -0.3 is 96.3 Å². The Kier molecular flexibility index (Phi) is 33.7. The molecule has 0 saturated carbocycles. The number of carboxylic acid groups (broad SMARTS) is 1. The first-order valence-electron chi connectivity index (χ1n) is 34.4. The molecule has 4 aromatic rings. The molecule has 30 nitrogen and oxygen atoms in total. The van der Waals surface area contributed by atoms with Crippen molar-refractivity contribution in [2.75, 3.05) is 26.2 Å². The van der Waals surface area contributed by atoms with E-state index in [1.165, 1.54) is 29.2 Å². The van der Waals surface area contributed by atoms with Crippen LogP contribution in [0.15, 0.2) is 109 Å². The van der Waals surface area contributed by atoms with Crippen molar-refractivity contribution in [3.05, 3.63) is 131 Å². The van der Waals surface area contributed by atoms with E-state index in [1.54, 1.807) is 113 Å². The standard InChI is InChI=1S/C71H103N17O13/c1-5-43(4)59(67(98)86-57(69(100)101)37-42(2)3)87-65(96)56(41-47-27-31-49(90)32-28-47)85-66(97)58-24-16-36-88(58)68(99)53(23-15-35-79-71(76)77)82-61(92)52(22-14-34-78-70(74)75)81-63(94)54(39-44-17-8-6-9-18-44)84-64(95)55(40-45-19-10-7-11-20-45)83-62(93)51(21-12-13-33-72)80-60(91)50(73)38-46-25-29-48(89)30-26-46/h6-11,17-20,25-32,42-43,50-59,89-90H,5,12-16,21-24,33-41,72-73H2,1-4H3,(H,80,91)(H,81,94)(H,82,92)(H,83,93)(H,84,95)(H,85,97)(H,86,98)(H,87,96)(H,100,101)(H4,74,75,78)(H4,76,77,79)/t43-,50-,51+,52-,53-,54-,55-,56-,57-,58-,59-/m0/s1. The number of carbonyl (C=O) groups excluding carboxylic acids is 9. The third-order valence-corrected chi connectivity index (χ3v) is 17.3. The van der Waals surface area contributed by atoms with Gasteiger partial charge in [-0.15, -0.1) is 0 Å². The van der Waals surface area contributed by atoms with Gasteiger partial charge in [0.2, 0.25) is 53.2 Å². The molecule has 1 heterocycles. The summed E-state index contributed by atoms with van der Waals surface area (Å²) in [7, 11) is 0. The molecule has 0 aliphatic carbocycles. The lowest BCUT2D eigenvalue weighted by Crippen LogP contribution is -2.61. The van der Waals surface area contributed by atoms with E-state index in [4.69, 9.17) is 33.8 Å². The van der Waals surface area contributed by atoms with Crippen molar-refractivity contribution in [2.45, 2.75) is 184 Å². The fourth-order valence-electron chi connectivity index (χ4n) is 11.6. The Labute approximate surface area is 589 Å². The van der Waals surface area contributed by atoms with Crippen LogP contribution < -0.4 is 76.1 Å². The Bertz CT molecular complexity index is 3390. The van der Waals surface area contributed by atoms with Crippen molar-refractivity contribution >= 4 is 71.1 Å². The Morgan fingerprint density at radius 3 is 1.38 bits per heavy atom. The number of carboxylic acids is 1. The van der Waals surface area contributed by atoms with E-state index in [1.807, 2.05) is 0 Å². The zero-order valence-electron chi connectivity index (χ0n) is 57.9. The number of aliphatic carboxylic acids is 1. The van der Waals surface area contributed by atoms with Crippen LogP contribution in [-0.2, 0) is 73.6 Å². The number of nitrogens with one attached hydrogen (secondary N) is 12. The molecule has 0 aromatic heterocycles. The van der Waals surface area contributed by atoms with Crippen LogP contribution in [0.25, 0.3) is 0 Å². The van der Waals surface area contributed by atoms with Crippen LogP contribution in [0.1, 0.15) is 121 Å². The van der Waals surface area contributed by atoms with Crippen molar-refractivity contribution in [1.29, 1.82) is 10.8 Å². The van der Waals surface area contributed by atoms with E-state index in [0.717, 1.165) is 0 Å². The van der Waals surface area contributed by atoms with Crippen LogP contribution in [0.5, 0.6) is 11.5 Å². The topological polar surface area (TPSA) is 507 Å². The third kappa shape index (κ3) is 28.1. The SMILES string of the molecule is CC[C@H](C)[C@H](NC(=O)[C@H](Cc1ccc(O)cc1)NC(=O)[C@@H]1CCCN1C(=O)[C@H](CCCNC(=N)N)NC(=O)[C@H](CCCNC(=N)N)NC(=O)[C@H](Cc1ccccc1)NC(=O)[C@H](Cc1ccccc1)NC(=O)[C@@H](CCCCN)NC(=O)[C@@H](N)Cc1ccc(O)cc1)C(=O)N[C@@H](CC(C)C)C(=O)O. The van der Waals surface area contributed by atoms with E-state index in [9.17, 15) is 48.9 Å². The van der Waals surface area contributed by atoms with Crippen LogP contribution in [0.2, 0.25) is 0 Å². The number of rotatable bonds is 42. The molecule has 550 valence electrons. The van der Waals surface area contributed by atoms with Crippen LogP contribution >= 0.6 is 0 Å². The second kappa shape index (κ2) is 41.9. The average Bonchev–Trinajstić information content (AvgIpc) is 1.77. The molecule has 30 heteroatoms. The monoisotopic (exact) mass is 1400 g/mol. The molecule has 0 spiro atoms. The molecule has 1 saturated heterocycles. The van der Waals surface area contributed by atoms with Gasteiger partial charge in [0, 0.05) is 38.9 Å². The Morgan fingerprint density at radius 2 is 0.911 bits per heavy atom. The van der Waals surface area contributed by atoms with E-state index < -0.39 is 125 Å². The molecule has 101 heavy (non-hydrogen) atoms. The third-order valence-electron chi connectivity index (χ3n) is 17.3. The number of likely N-dealkylation sites (tertiary alicyclic amines) is 1. The number of benzene rings is 4. The number of hydrogen-bond acceptors (Lipinski definition) is 16. The van der Waals surface area contributed by atoms with Crippen molar-refractivity contribution in [3.63, 3.8) is 0 Å². The molecular formula is C71H103N17O13. The maximum atomic E-state index is 15.2. The van der Waals surface area contributed by atoms with Crippen LogP contribution in [-0.4, -0.2) is 178 Å². The number of guanidine groups is 2. The van der Waals surface area contributed by atoms with Crippen molar-refractivity contribution in [3.8, 4) is 11.5 Å². The molecule has 1 fully saturated rings. The first-order chi connectivity index (χ1) is 48.2. The molecule has 9 amide bonds. The summed E-state index contributed by atoms with van der Waals surface area (Å²) in [6.07, 6.45) is 1.65. The minimum atomic E-state index is -1.46. The highest BCUT2D eigenvalue weighted by atomic mass is 16.4. The number of carbonyl (C=O) groups is 10. The van der Waals surface area contributed by atoms with Crippen LogP contribution in [0, 0.1) is 22.7 Å². The quantitative estimate of drug-likeness (QED) is 0.0162. The van der Waals surface area contributed by atoms with Gasteiger partial charge in [-0.25, -0.2) is 4.79 Å². The summed E-state index contributed by atoms with van der Waals surface area (Å²) in [5.41, 5.74) is 25.7. The van der Waals surface area contributed by atoms with Gasteiger partial charge >= 0.3 is 5.97 Å². The minimum Gasteiger partial charge on any atom is -0.508 e. The fourth-order valence-corrected chi connectivity index (χ4v) is 11.6. The molecule has 0 bridgehead atoms. The van der Waals surface area contributed by atoms with E-state index in [2.05, 4.69) is 53.2 Å². The van der Waals surface area contributed by atoms with Crippen molar-refractivity contribution in [1.82, 2.24) is 58.1 Å². The molecule has 11 atom stereocenters. The highest BCUT2D eigenvalue weighted by Gasteiger charge is 2.41. The Morgan fingerprint density at radius 1 is 0.505 bits per heavy atom. The van der Waals surface area contributed by atoms with Gasteiger partial charge in [-0.1, -0.05) is 119 Å². The Hall–Kier alpha value is -10.4. The predicted molar refractivity (Wildman–Crippen MR) is 380 cm³/mol. The molecule has 4 aromatic carbocycles. The zero-order valence-corrected chi connectivity index (χ0v) is 57.9. The smallest absolute Gasteiger partial charge is 0.326 e. The fraction of sp³-hybridized carbons (Fsp3) is 0.493. The summed E-state index contributed by atoms with van der Waals surface area (Å²) in [6.45, 7) is 7.54. The lowest BCUT2D eigenvalue weighted by atomic mass is 9.96. The lowest BCUT2D eigenvalue weighted by Gasteiger charge is -2.32. The number of phenolic OH excluding ortho intramolecular Hbond substituents is 2. The van der Waals surface area contributed by atoms with Gasteiger partial charge in [-0.05, 0) is 136 Å². The number of phenols is 2. The van der Waals surface area contributed by atoms with Gasteiger partial charge in [0.1, 0.15) is 65.9 Å². The van der Waals surface area contributed by atoms with Gasteiger partial charge in [0.05, 0.1) is 6.04 Å². The molecule has 0 radical (unpaired) electrons. The number of hydrogen-bond donors (Lipinski definition) is 19. The van der Waals surface area contributed by atoms with Crippen LogP contribution in [0.3, 0.4) is 0 Å². The highest BCUT2D eigenvalue weighted by molar-refractivity contribution is 5.99. The number of nitrogens with zero attached hydrogens (tertiary/aromatic N) is 1.